The highest BCUT2D eigenvalue weighted by molar-refractivity contribution is 5.94. The van der Waals surface area contributed by atoms with Gasteiger partial charge in [0.1, 0.15) is 0 Å². The van der Waals surface area contributed by atoms with Gasteiger partial charge in [-0.15, -0.1) is 0 Å². The van der Waals surface area contributed by atoms with E-state index in [0.717, 1.165) is 24.1 Å². The van der Waals surface area contributed by atoms with Gasteiger partial charge in [0.15, 0.2) is 0 Å². The zero-order valence-electron chi connectivity index (χ0n) is 15.9. The lowest BCUT2D eigenvalue weighted by Crippen LogP contribution is -2.34. The topological polar surface area (TPSA) is 76.0 Å². The van der Waals surface area contributed by atoms with Crippen LogP contribution < -0.4 is 10.6 Å². The van der Waals surface area contributed by atoms with Crippen LogP contribution in [-0.2, 0) is 11.3 Å². The number of aromatic nitrogens is 2. The maximum Gasteiger partial charge on any atom is 0.251 e. The summed E-state index contributed by atoms with van der Waals surface area (Å²) in [6.45, 7) is 2.29. The highest BCUT2D eigenvalue weighted by atomic mass is 16.2. The van der Waals surface area contributed by atoms with Crippen LogP contribution >= 0.6 is 0 Å². The van der Waals surface area contributed by atoms with E-state index in [-0.39, 0.29) is 11.8 Å². The third-order valence-corrected chi connectivity index (χ3v) is 5.03. The van der Waals surface area contributed by atoms with E-state index in [1.807, 2.05) is 37.4 Å². The van der Waals surface area contributed by atoms with Crippen molar-refractivity contribution in [2.24, 2.45) is 0 Å². The highest BCUT2D eigenvalue weighted by Gasteiger charge is 2.15. The molecule has 2 N–H and O–H groups in total. The molecule has 1 aliphatic rings. The largest absolute Gasteiger partial charge is 0.352 e. The smallest absolute Gasteiger partial charge is 0.251 e. The van der Waals surface area contributed by atoms with Gasteiger partial charge in [-0.3, -0.25) is 9.59 Å². The number of hydrogen-bond donors (Lipinski definition) is 2. The van der Waals surface area contributed by atoms with Crippen molar-refractivity contribution in [2.45, 2.75) is 64.5 Å². The summed E-state index contributed by atoms with van der Waals surface area (Å²) in [7, 11) is 0. The first kappa shape index (κ1) is 19.1. The van der Waals surface area contributed by atoms with Crippen LogP contribution in [0.15, 0.2) is 36.7 Å². The Morgan fingerprint density at radius 2 is 1.81 bits per heavy atom. The molecular formula is C21H28N4O2. The van der Waals surface area contributed by atoms with Gasteiger partial charge in [0, 0.05) is 36.3 Å². The van der Waals surface area contributed by atoms with Gasteiger partial charge in [0.25, 0.3) is 5.91 Å². The second-order valence-electron chi connectivity index (χ2n) is 7.13. The van der Waals surface area contributed by atoms with E-state index in [9.17, 15) is 9.59 Å². The van der Waals surface area contributed by atoms with Crippen molar-refractivity contribution in [3.63, 3.8) is 0 Å². The minimum Gasteiger partial charge on any atom is -0.352 e. The van der Waals surface area contributed by atoms with Crippen molar-refractivity contribution in [3.05, 3.63) is 47.8 Å². The van der Waals surface area contributed by atoms with Crippen LogP contribution in [0.1, 0.15) is 67.8 Å². The predicted octanol–water partition coefficient (Wildman–Crippen LogP) is 3.35. The normalized spacial score (nSPS) is 15.1. The van der Waals surface area contributed by atoms with Gasteiger partial charge in [-0.05, 0) is 37.1 Å². The Bertz CT molecular complexity index is 759. The molecule has 2 amide bonds. The Hall–Kier alpha value is -2.63. The fourth-order valence-electron chi connectivity index (χ4n) is 3.38. The molecule has 1 fully saturated rings. The van der Waals surface area contributed by atoms with Crippen LogP contribution in [0.4, 0.5) is 0 Å². The molecule has 6 nitrogen and oxygen atoms in total. The van der Waals surface area contributed by atoms with E-state index < -0.39 is 0 Å². The van der Waals surface area contributed by atoms with Crippen molar-refractivity contribution in [1.82, 2.24) is 20.4 Å². The number of rotatable bonds is 6. The maximum atomic E-state index is 12.5. The third kappa shape index (κ3) is 5.42. The monoisotopic (exact) mass is 368 g/mol. The van der Waals surface area contributed by atoms with E-state index in [4.69, 9.17) is 0 Å². The Kier molecular flexibility index (Phi) is 6.63. The summed E-state index contributed by atoms with van der Waals surface area (Å²) in [6.07, 6.45) is 11.2. The van der Waals surface area contributed by atoms with Crippen LogP contribution in [-0.4, -0.2) is 27.6 Å². The molecule has 6 heteroatoms. The van der Waals surface area contributed by atoms with Crippen molar-refractivity contribution in [2.75, 3.05) is 0 Å². The van der Waals surface area contributed by atoms with E-state index in [2.05, 4.69) is 15.7 Å². The second kappa shape index (κ2) is 9.35. The molecule has 0 atom stereocenters. The minimum absolute atomic E-state index is 0.00289. The zero-order chi connectivity index (χ0) is 19.1. The fraction of sp³-hybridized carbons (Fsp3) is 0.476. The molecule has 27 heavy (non-hydrogen) atoms. The second-order valence-corrected chi connectivity index (χ2v) is 7.13. The van der Waals surface area contributed by atoms with Crippen molar-refractivity contribution >= 4 is 11.8 Å². The molecule has 2 aromatic rings. The van der Waals surface area contributed by atoms with Crippen molar-refractivity contribution < 1.29 is 9.59 Å². The molecule has 1 heterocycles. The first-order chi connectivity index (χ1) is 13.2. The summed E-state index contributed by atoms with van der Waals surface area (Å²) in [5.41, 5.74) is 2.49. The lowest BCUT2D eigenvalue weighted by Gasteiger charge is -2.16. The molecule has 1 aliphatic carbocycles. The molecule has 0 radical (unpaired) electrons. The Balaban J connectivity index is 1.58. The van der Waals surface area contributed by atoms with Crippen LogP contribution in [0, 0.1) is 0 Å². The van der Waals surface area contributed by atoms with Crippen LogP contribution in [0.2, 0.25) is 0 Å². The SMILES string of the molecule is CCC(=O)NCc1cnn(-c2ccc(C(=O)NC3CCCCCC3)cc2)c1. The minimum atomic E-state index is -0.00289. The lowest BCUT2D eigenvalue weighted by molar-refractivity contribution is -0.120. The summed E-state index contributed by atoms with van der Waals surface area (Å²) in [5.74, 6) is 0.0173. The highest BCUT2D eigenvalue weighted by Crippen LogP contribution is 2.18. The average molecular weight is 368 g/mol. The van der Waals surface area contributed by atoms with E-state index in [0.29, 0.717) is 24.6 Å². The molecule has 1 aromatic carbocycles. The summed E-state index contributed by atoms with van der Waals surface area (Å²) in [5, 5.41) is 10.3. The fourth-order valence-corrected chi connectivity index (χ4v) is 3.38. The Labute approximate surface area is 160 Å². The number of carbonyl (C=O) groups excluding carboxylic acids is 2. The Morgan fingerprint density at radius 3 is 2.48 bits per heavy atom. The number of carbonyl (C=O) groups is 2. The molecule has 0 saturated heterocycles. The number of benzene rings is 1. The molecule has 0 unspecified atom stereocenters. The number of hydrogen-bond acceptors (Lipinski definition) is 3. The van der Waals surface area contributed by atoms with Crippen molar-refractivity contribution in [3.8, 4) is 5.69 Å². The Morgan fingerprint density at radius 1 is 1.11 bits per heavy atom. The van der Waals surface area contributed by atoms with Gasteiger partial charge in [0.2, 0.25) is 5.91 Å². The van der Waals surface area contributed by atoms with Gasteiger partial charge < -0.3 is 10.6 Å². The molecule has 144 valence electrons. The first-order valence-electron chi connectivity index (χ1n) is 9.87. The van der Waals surface area contributed by atoms with Crippen LogP contribution in [0.3, 0.4) is 0 Å². The summed E-state index contributed by atoms with van der Waals surface area (Å²) < 4.78 is 1.75. The zero-order valence-corrected chi connectivity index (χ0v) is 15.9. The van der Waals surface area contributed by atoms with Crippen LogP contribution in [0.25, 0.3) is 5.69 Å². The molecule has 1 saturated carbocycles. The maximum absolute atomic E-state index is 12.5. The molecule has 0 bridgehead atoms. The third-order valence-electron chi connectivity index (χ3n) is 5.03. The lowest BCUT2D eigenvalue weighted by atomic mass is 10.1. The van der Waals surface area contributed by atoms with Gasteiger partial charge in [-0.2, -0.15) is 5.10 Å². The van der Waals surface area contributed by atoms with E-state index in [1.54, 1.807) is 10.9 Å². The number of amides is 2. The van der Waals surface area contributed by atoms with E-state index >= 15 is 0 Å². The summed E-state index contributed by atoms with van der Waals surface area (Å²) in [6, 6.07) is 7.75. The van der Waals surface area contributed by atoms with E-state index in [1.165, 1.54) is 25.7 Å². The average Bonchev–Trinajstić information content (AvgIpc) is 3.03. The quantitative estimate of drug-likeness (QED) is 0.768. The van der Waals surface area contributed by atoms with Crippen LogP contribution in [0.5, 0.6) is 0 Å². The van der Waals surface area contributed by atoms with Crippen molar-refractivity contribution in [1.29, 1.82) is 0 Å². The molecule has 3 rings (SSSR count). The number of nitrogens with zero attached hydrogens (tertiary/aromatic N) is 2. The standard InChI is InChI=1S/C21H28N4O2/c1-2-20(26)22-13-16-14-23-25(15-16)19-11-9-17(10-12-19)21(27)24-18-7-5-3-4-6-8-18/h9-12,14-15,18H,2-8,13H2,1H3,(H,22,26)(H,24,27). The molecule has 0 spiro atoms. The predicted molar refractivity (Wildman–Crippen MR) is 105 cm³/mol. The number of nitrogens with one attached hydrogen (secondary N) is 2. The van der Waals surface area contributed by atoms with Gasteiger partial charge >= 0.3 is 0 Å². The molecule has 0 aliphatic heterocycles. The first-order valence-corrected chi connectivity index (χ1v) is 9.87. The molecule has 1 aromatic heterocycles. The molecular weight excluding hydrogens is 340 g/mol. The van der Waals surface area contributed by atoms with Gasteiger partial charge in [-0.25, -0.2) is 4.68 Å². The van der Waals surface area contributed by atoms with Gasteiger partial charge in [0.05, 0.1) is 11.9 Å². The summed E-state index contributed by atoms with van der Waals surface area (Å²) >= 11 is 0. The summed E-state index contributed by atoms with van der Waals surface area (Å²) in [4.78, 5) is 23.8. The van der Waals surface area contributed by atoms with Gasteiger partial charge in [-0.1, -0.05) is 32.6 Å².